The molecule has 2 aliphatic rings. The second-order valence-electron chi connectivity index (χ2n) is 9.80. The summed E-state index contributed by atoms with van der Waals surface area (Å²) in [6.45, 7) is 3.76. The number of nitrogens with one attached hydrogen (secondary N) is 1. The van der Waals surface area contributed by atoms with Crippen LogP contribution >= 0.6 is 0 Å². The van der Waals surface area contributed by atoms with Crippen LogP contribution < -0.4 is 11.1 Å². The number of primary amides is 1. The van der Waals surface area contributed by atoms with E-state index in [1.165, 1.54) is 11.8 Å². The van der Waals surface area contributed by atoms with Crippen molar-refractivity contribution in [1.29, 1.82) is 0 Å². The summed E-state index contributed by atoms with van der Waals surface area (Å²) in [5.41, 5.74) is 4.64. The second kappa shape index (κ2) is 9.89. The first-order chi connectivity index (χ1) is 17.0. The van der Waals surface area contributed by atoms with E-state index in [2.05, 4.69) is 5.32 Å². The molecule has 2 aliphatic heterocycles. The molecule has 2 aromatic rings. The molecule has 3 N–H and O–H groups in total. The number of piperidine rings is 1. The van der Waals surface area contributed by atoms with E-state index in [1.54, 1.807) is 37.3 Å². The number of rotatable bonds is 5. The lowest BCUT2D eigenvalue weighted by atomic mass is 9.71. The van der Waals surface area contributed by atoms with E-state index in [4.69, 9.17) is 5.73 Å². The monoisotopic (exact) mass is 519 g/mol. The van der Waals surface area contributed by atoms with Crippen molar-refractivity contribution in [3.63, 3.8) is 0 Å². The van der Waals surface area contributed by atoms with E-state index in [9.17, 15) is 18.0 Å². The van der Waals surface area contributed by atoms with Gasteiger partial charge in [0.1, 0.15) is 11.6 Å². The third kappa shape index (κ3) is 4.64. The molecule has 2 heterocycles. The molecule has 1 unspecified atom stereocenters. The fraction of sp³-hybridized carbons (Fsp3) is 0.462. The van der Waals surface area contributed by atoms with Gasteiger partial charge in [-0.2, -0.15) is 0 Å². The van der Waals surface area contributed by atoms with Gasteiger partial charge in [-0.25, -0.2) is 17.2 Å². The first-order valence-corrected chi connectivity index (χ1v) is 13.6. The summed E-state index contributed by atoms with van der Waals surface area (Å²) in [7, 11) is -3.73. The minimum absolute atomic E-state index is 0.0759. The van der Waals surface area contributed by atoms with E-state index in [0.29, 0.717) is 5.56 Å². The van der Waals surface area contributed by atoms with Crippen molar-refractivity contribution in [2.24, 2.45) is 5.73 Å². The average Bonchev–Trinajstić information content (AvgIpc) is 2.83. The largest absolute Gasteiger partial charge is 0.369 e. The zero-order valence-electron chi connectivity index (χ0n) is 20.3. The highest BCUT2D eigenvalue weighted by Crippen LogP contribution is 2.39. The van der Waals surface area contributed by atoms with Crippen LogP contribution in [0.1, 0.15) is 48.6 Å². The van der Waals surface area contributed by atoms with Crippen molar-refractivity contribution in [2.45, 2.75) is 55.1 Å². The number of hydrogen-bond donors (Lipinski definition) is 2. The second-order valence-corrected chi connectivity index (χ2v) is 12.2. The van der Waals surface area contributed by atoms with Gasteiger partial charge in [-0.3, -0.25) is 9.59 Å². The highest BCUT2D eigenvalue weighted by atomic mass is 32.2. The number of nitrogens with two attached hydrogens (primary N) is 1. The maximum absolute atomic E-state index is 15.4. The Bertz CT molecular complexity index is 1260. The van der Waals surface area contributed by atoms with E-state index in [-0.39, 0.29) is 55.9 Å². The number of likely N-dealkylation sites (tertiary alicyclic amines) is 1. The molecular weight excluding hydrogens is 488 g/mol. The predicted octanol–water partition coefficient (Wildman–Crippen LogP) is 2.39. The van der Waals surface area contributed by atoms with Crippen LogP contribution in [0, 0.1) is 11.6 Å². The van der Waals surface area contributed by atoms with Crippen LogP contribution in [0.25, 0.3) is 0 Å². The van der Waals surface area contributed by atoms with Crippen LogP contribution in [0.5, 0.6) is 0 Å². The highest BCUT2D eigenvalue weighted by Gasteiger charge is 2.45. The van der Waals surface area contributed by atoms with Gasteiger partial charge in [0.25, 0.3) is 0 Å². The molecule has 36 heavy (non-hydrogen) atoms. The number of halogens is 2. The first kappa shape index (κ1) is 26.2. The Labute approximate surface area is 210 Å². The fourth-order valence-corrected chi connectivity index (χ4v) is 7.85. The summed E-state index contributed by atoms with van der Waals surface area (Å²) in [5, 5.41) is 1.43. The van der Waals surface area contributed by atoms with Crippen LogP contribution in [0.4, 0.5) is 8.78 Å². The molecule has 4 rings (SSSR count). The lowest BCUT2D eigenvalue weighted by molar-refractivity contribution is -0.134. The maximum atomic E-state index is 15.4. The van der Waals surface area contributed by atoms with Crippen LogP contribution in [0.2, 0.25) is 0 Å². The third-order valence-electron chi connectivity index (χ3n) is 7.78. The van der Waals surface area contributed by atoms with Gasteiger partial charge >= 0.3 is 0 Å². The number of carbonyl (C=O) groups excluding carboxylic acids is 2. The van der Waals surface area contributed by atoms with Crippen molar-refractivity contribution in [1.82, 2.24) is 10.2 Å². The zero-order valence-corrected chi connectivity index (χ0v) is 21.2. The molecule has 2 fully saturated rings. The van der Waals surface area contributed by atoms with Crippen molar-refractivity contribution in [2.75, 3.05) is 19.6 Å². The predicted molar refractivity (Wildman–Crippen MR) is 132 cm³/mol. The molecule has 10 heteroatoms. The topological polar surface area (TPSA) is 110 Å². The highest BCUT2D eigenvalue weighted by molar-refractivity contribution is 7.92. The van der Waals surface area contributed by atoms with Crippen LogP contribution in [-0.2, 0) is 31.3 Å². The standard InChI is InChI=1S/C26H31F2N3O4S/c1-16-23(36(34,35)24(15-30-16)18-6-4-3-5-7-18)13-19-12-22(28)20(14-21(19)27)26(25(29)33)8-10-31(11-9-26)17(2)32/h3-7,12,14,16,23-24,30H,8-11,13,15H2,1-2H3,(H2,29,33)/t16-,23?,24-/m0/s1. The first-order valence-electron chi connectivity index (χ1n) is 12.0. The Morgan fingerprint density at radius 2 is 1.75 bits per heavy atom. The van der Waals surface area contributed by atoms with Gasteiger partial charge in [0.05, 0.1) is 15.9 Å². The van der Waals surface area contributed by atoms with Gasteiger partial charge in [-0.15, -0.1) is 0 Å². The van der Waals surface area contributed by atoms with Gasteiger partial charge in [0, 0.05) is 38.2 Å². The summed E-state index contributed by atoms with van der Waals surface area (Å²) in [6, 6.07) is 10.3. The Balaban J connectivity index is 1.65. The SMILES string of the molecule is CC(=O)N1CCC(C(N)=O)(c2cc(F)c(CC3[C@H](C)NC[C@@H](c4ccccc4)S3(=O)=O)cc2F)CC1. The number of benzene rings is 2. The maximum Gasteiger partial charge on any atom is 0.228 e. The molecule has 194 valence electrons. The summed E-state index contributed by atoms with van der Waals surface area (Å²) in [5.74, 6) is -2.55. The molecule has 0 radical (unpaired) electrons. The van der Waals surface area contributed by atoms with Gasteiger partial charge in [0.2, 0.25) is 11.8 Å². The van der Waals surface area contributed by atoms with Crippen LogP contribution in [0.15, 0.2) is 42.5 Å². The van der Waals surface area contributed by atoms with Crippen molar-refractivity contribution in [3.8, 4) is 0 Å². The zero-order chi connectivity index (χ0) is 26.3. The number of nitrogens with zero attached hydrogens (tertiary/aromatic N) is 1. The number of amides is 2. The molecule has 0 bridgehead atoms. The average molecular weight is 520 g/mol. The molecule has 0 saturated carbocycles. The molecule has 3 atom stereocenters. The van der Waals surface area contributed by atoms with Gasteiger partial charge in [-0.1, -0.05) is 30.3 Å². The van der Waals surface area contributed by atoms with Gasteiger partial charge < -0.3 is 16.0 Å². The van der Waals surface area contributed by atoms with E-state index >= 15 is 8.78 Å². The summed E-state index contributed by atoms with van der Waals surface area (Å²) >= 11 is 0. The lowest BCUT2D eigenvalue weighted by Crippen LogP contribution is -2.53. The molecular formula is C26H31F2N3O4S. The molecule has 0 aliphatic carbocycles. The normalized spacial score (nSPS) is 25.3. The quantitative estimate of drug-likeness (QED) is 0.631. The van der Waals surface area contributed by atoms with Crippen molar-refractivity contribution < 1.29 is 26.8 Å². The smallest absolute Gasteiger partial charge is 0.228 e. The van der Waals surface area contributed by atoms with Gasteiger partial charge in [0.15, 0.2) is 9.84 Å². The molecule has 0 aromatic heterocycles. The summed E-state index contributed by atoms with van der Waals surface area (Å²) in [6.07, 6.45) is -0.0623. The Morgan fingerprint density at radius 3 is 2.33 bits per heavy atom. The van der Waals surface area contributed by atoms with E-state index in [1.807, 2.05) is 0 Å². The number of sulfone groups is 1. The molecule has 2 amide bonds. The van der Waals surface area contributed by atoms with E-state index in [0.717, 1.165) is 12.1 Å². The Hall–Kier alpha value is -2.85. The Kier molecular flexibility index (Phi) is 7.21. The minimum atomic E-state index is -3.73. The molecule has 7 nitrogen and oxygen atoms in total. The molecule has 0 spiro atoms. The summed E-state index contributed by atoms with van der Waals surface area (Å²) < 4.78 is 57.9. The number of hydrogen-bond acceptors (Lipinski definition) is 5. The molecule has 2 saturated heterocycles. The lowest BCUT2D eigenvalue weighted by Gasteiger charge is -2.40. The molecule has 2 aromatic carbocycles. The fourth-order valence-electron chi connectivity index (χ4n) is 5.48. The van der Waals surface area contributed by atoms with Crippen LogP contribution in [-0.4, -0.2) is 56.1 Å². The number of carbonyl (C=O) groups is 2. The van der Waals surface area contributed by atoms with E-state index < -0.39 is 49.3 Å². The minimum Gasteiger partial charge on any atom is -0.369 e. The Morgan fingerprint density at radius 1 is 1.11 bits per heavy atom. The van der Waals surface area contributed by atoms with Crippen LogP contribution in [0.3, 0.4) is 0 Å². The van der Waals surface area contributed by atoms with Crippen molar-refractivity contribution in [3.05, 3.63) is 70.8 Å². The van der Waals surface area contributed by atoms with Crippen molar-refractivity contribution >= 4 is 21.7 Å². The third-order valence-corrected chi connectivity index (χ3v) is 10.4. The van der Waals surface area contributed by atoms with Gasteiger partial charge in [-0.05, 0) is 49.4 Å². The summed E-state index contributed by atoms with van der Waals surface area (Å²) in [4.78, 5) is 25.7.